The summed E-state index contributed by atoms with van der Waals surface area (Å²) in [5.74, 6) is -0.396. The summed E-state index contributed by atoms with van der Waals surface area (Å²) < 4.78 is 0. The number of rotatable bonds is 6. The van der Waals surface area contributed by atoms with E-state index in [-0.39, 0.29) is 18.2 Å². The van der Waals surface area contributed by atoms with Crippen molar-refractivity contribution < 1.29 is 9.59 Å². The van der Waals surface area contributed by atoms with Gasteiger partial charge in [-0.15, -0.1) is 11.3 Å². The zero-order valence-corrected chi connectivity index (χ0v) is 18.8. The van der Waals surface area contributed by atoms with Crippen molar-refractivity contribution in [3.8, 4) is 11.1 Å². The number of hydrogen-bond acceptors (Lipinski definition) is 3. The molecule has 1 heterocycles. The molecule has 0 fully saturated rings. The Hall–Kier alpha value is -3.70. The molecule has 0 aliphatic rings. The van der Waals surface area contributed by atoms with Crippen molar-refractivity contribution >= 4 is 33.8 Å². The summed E-state index contributed by atoms with van der Waals surface area (Å²) in [5.41, 5.74) is 5.94. The molecule has 4 rings (SSSR count). The Morgan fingerprint density at radius 3 is 2.25 bits per heavy atom. The molecule has 0 saturated carbocycles. The number of amides is 2. The van der Waals surface area contributed by atoms with Crippen molar-refractivity contribution in [2.45, 2.75) is 20.3 Å². The first kappa shape index (κ1) is 21.5. The SMILES string of the molecule is Cc1ccc(C)c(NC(=O)c2c(-c3ccccc3)csc2NC(=O)Cc2ccccc2)c1. The molecule has 2 amide bonds. The molecule has 2 N–H and O–H groups in total. The summed E-state index contributed by atoms with van der Waals surface area (Å²) in [5, 5.41) is 8.47. The Morgan fingerprint density at radius 2 is 1.53 bits per heavy atom. The topological polar surface area (TPSA) is 58.2 Å². The van der Waals surface area contributed by atoms with Crippen molar-refractivity contribution in [3.63, 3.8) is 0 Å². The maximum atomic E-state index is 13.4. The third-order valence-corrected chi connectivity index (χ3v) is 6.10. The number of anilines is 2. The van der Waals surface area contributed by atoms with E-state index in [9.17, 15) is 9.59 Å². The fourth-order valence-corrected chi connectivity index (χ4v) is 4.50. The lowest BCUT2D eigenvalue weighted by atomic mass is 10.0. The summed E-state index contributed by atoms with van der Waals surface area (Å²) in [6, 6.07) is 25.3. The fourth-order valence-electron chi connectivity index (χ4n) is 3.51. The molecular formula is C27H24N2O2S. The van der Waals surface area contributed by atoms with E-state index in [0.717, 1.165) is 33.5 Å². The van der Waals surface area contributed by atoms with Gasteiger partial charge in [0.15, 0.2) is 0 Å². The van der Waals surface area contributed by atoms with Crippen LogP contribution in [0.2, 0.25) is 0 Å². The van der Waals surface area contributed by atoms with Gasteiger partial charge < -0.3 is 10.6 Å². The van der Waals surface area contributed by atoms with Crippen LogP contribution in [0.25, 0.3) is 11.1 Å². The third-order valence-electron chi connectivity index (χ3n) is 5.20. The van der Waals surface area contributed by atoms with Gasteiger partial charge in [-0.2, -0.15) is 0 Å². The second-order valence-electron chi connectivity index (χ2n) is 7.70. The van der Waals surface area contributed by atoms with Gasteiger partial charge in [0.25, 0.3) is 5.91 Å². The monoisotopic (exact) mass is 440 g/mol. The van der Waals surface area contributed by atoms with Crippen molar-refractivity contribution in [1.29, 1.82) is 0 Å². The molecule has 160 valence electrons. The van der Waals surface area contributed by atoms with Crippen LogP contribution < -0.4 is 10.6 Å². The van der Waals surface area contributed by atoms with E-state index in [1.54, 1.807) is 0 Å². The maximum absolute atomic E-state index is 13.4. The molecule has 0 atom stereocenters. The van der Waals surface area contributed by atoms with E-state index in [4.69, 9.17) is 0 Å². The van der Waals surface area contributed by atoms with Crippen molar-refractivity contribution in [3.05, 3.63) is 106 Å². The molecule has 4 aromatic rings. The standard InChI is InChI=1S/C27H24N2O2S/c1-18-13-14-19(2)23(15-18)28-26(31)25-22(21-11-7-4-8-12-21)17-32-27(25)29-24(30)16-20-9-5-3-6-10-20/h3-15,17H,16H2,1-2H3,(H,28,31)(H,29,30). The van der Waals surface area contributed by atoms with Gasteiger partial charge >= 0.3 is 0 Å². The maximum Gasteiger partial charge on any atom is 0.259 e. The Labute approximate surface area is 191 Å². The van der Waals surface area contributed by atoms with Gasteiger partial charge in [0.05, 0.1) is 12.0 Å². The molecule has 0 saturated heterocycles. The number of nitrogens with one attached hydrogen (secondary N) is 2. The lowest BCUT2D eigenvalue weighted by molar-refractivity contribution is -0.115. The highest BCUT2D eigenvalue weighted by Gasteiger charge is 2.22. The van der Waals surface area contributed by atoms with Gasteiger partial charge in [0.1, 0.15) is 5.00 Å². The average Bonchev–Trinajstić information content (AvgIpc) is 3.21. The predicted molar refractivity (Wildman–Crippen MR) is 132 cm³/mol. The van der Waals surface area contributed by atoms with Crippen molar-refractivity contribution in [2.24, 2.45) is 0 Å². The summed E-state index contributed by atoms with van der Waals surface area (Å²) in [6.07, 6.45) is 0.247. The van der Waals surface area contributed by atoms with Gasteiger partial charge in [-0.3, -0.25) is 9.59 Å². The molecule has 4 nitrogen and oxygen atoms in total. The van der Waals surface area contributed by atoms with Crippen LogP contribution in [0.4, 0.5) is 10.7 Å². The molecule has 1 aromatic heterocycles. The second-order valence-corrected chi connectivity index (χ2v) is 8.58. The number of benzene rings is 3. The molecular weight excluding hydrogens is 416 g/mol. The first-order valence-corrected chi connectivity index (χ1v) is 11.3. The molecule has 0 bridgehead atoms. The van der Waals surface area contributed by atoms with E-state index in [1.165, 1.54) is 11.3 Å². The van der Waals surface area contributed by atoms with E-state index >= 15 is 0 Å². The lowest BCUT2D eigenvalue weighted by Crippen LogP contribution is -2.19. The third kappa shape index (κ3) is 4.95. The summed E-state index contributed by atoms with van der Waals surface area (Å²) >= 11 is 1.36. The normalized spacial score (nSPS) is 10.6. The zero-order valence-electron chi connectivity index (χ0n) is 18.0. The van der Waals surface area contributed by atoms with Crippen LogP contribution in [-0.4, -0.2) is 11.8 Å². The van der Waals surface area contributed by atoms with E-state index in [0.29, 0.717) is 10.6 Å². The number of carbonyl (C=O) groups excluding carboxylic acids is 2. The smallest absolute Gasteiger partial charge is 0.259 e. The largest absolute Gasteiger partial charge is 0.322 e. The van der Waals surface area contributed by atoms with Crippen LogP contribution >= 0.6 is 11.3 Å². The van der Waals surface area contributed by atoms with Crippen LogP contribution in [0.3, 0.4) is 0 Å². The molecule has 0 spiro atoms. The van der Waals surface area contributed by atoms with Crippen LogP contribution in [0.15, 0.2) is 84.2 Å². The summed E-state index contributed by atoms with van der Waals surface area (Å²) in [7, 11) is 0. The van der Waals surface area contributed by atoms with Gasteiger partial charge in [0.2, 0.25) is 5.91 Å². The molecule has 3 aromatic carbocycles. The predicted octanol–water partition coefficient (Wildman–Crippen LogP) is 6.47. The van der Waals surface area contributed by atoms with E-state index in [2.05, 4.69) is 10.6 Å². The highest BCUT2D eigenvalue weighted by molar-refractivity contribution is 7.15. The first-order chi connectivity index (χ1) is 15.5. The fraction of sp³-hybridized carbons (Fsp3) is 0.111. The Morgan fingerprint density at radius 1 is 0.844 bits per heavy atom. The number of hydrogen-bond donors (Lipinski definition) is 2. The number of aryl methyl sites for hydroxylation is 2. The minimum Gasteiger partial charge on any atom is -0.322 e. The Bertz CT molecular complexity index is 1250. The van der Waals surface area contributed by atoms with E-state index in [1.807, 2.05) is 98.1 Å². The molecule has 0 aliphatic carbocycles. The van der Waals surface area contributed by atoms with Crippen LogP contribution in [0, 0.1) is 13.8 Å². The first-order valence-electron chi connectivity index (χ1n) is 10.4. The molecule has 0 radical (unpaired) electrons. The number of carbonyl (C=O) groups is 2. The zero-order chi connectivity index (χ0) is 22.5. The number of thiophene rings is 1. The minimum absolute atomic E-state index is 0.154. The average molecular weight is 441 g/mol. The summed E-state index contributed by atoms with van der Waals surface area (Å²) in [4.78, 5) is 26.2. The second kappa shape index (κ2) is 9.62. The van der Waals surface area contributed by atoms with Gasteiger partial charge in [-0.25, -0.2) is 0 Å². The van der Waals surface area contributed by atoms with Crippen molar-refractivity contribution in [1.82, 2.24) is 0 Å². The molecule has 32 heavy (non-hydrogen) atoms. The van der Waals surface area contributed by atoms with Gasteiger partial charge in [-0.1, -0.05) is 72.8 Å². The Kier molecular flexibility index (Phi) is 6.47. The van der Waals surface area contributed by atoms with E-state index < -0.39 is 0 Å². The van der Waals surface area contributed by atoms with Crippen LogP contribution in [-0.2, 0) is 11.2 Å². The molecule has 5 heteroatoms. The van der Waals surface area contributed by atoms with Crippen LogP contribution in [0.1, 0.15) is 27.0 Å². The van der Waals surface area contributed by atoms with Gasteiger partial charge in [0, 0.05) is 16.6 Å². The van der Waals surface area contributed by atoms with Gasteiger partial charge in [-0.05, 0) is 42.2 Å². The molecule has 0 aliphatic heterocycles. The highest BCUT2D eigenvalue weighted by atomic mass is 32.1. The Balaban J connectivity index is 1.66. The lowest BCUT2D eigenvalue weighted by Gasteiger charge is -2.12. The summed E-state index contributed by atoms with van der Waals surface area (Å²) in [6.45, 7) is 3.95. The van der Waals surface area contributed by atoms with Crippen molar-refractivity contribution in [2.75, 3.05) is 10.6 Å². The highest BCUT2D eigenvalue weighted by Crippen LogP contribution is 2.36. The van der Waals surface area contributed by atoms with Crippen LogP contribution in [0.5, 0.6) is 0 Å². The minimum atomic E-state index is -0.242. The quantitative estimate of drug-likeness (QED) is 0.361. The molecule has 0 unspecified atom stereocenters.